The number of halogens is 1. The van der Waals surface area contributed by atoms with Crippen LogP contribution < -0.4 is 20.1 Å². The molecule has 1 aromatic carbocycles. The Hall–Kier alpha value is -2.32. The van der Waals surface area contributed by atoms with Gasteiger partial charge >= 0.3 is 0 Å². The van der Waals surface area contributed by atoms with Crippen LogP contribution in [-0.2, 0) is 0 Å². The highest BCUT2D eigenvalue weighted by Crippen LogP contribution is 2.34. The van der Waals surface area contributed by atoms with Gasteiger partial charge in [-0.1, -0.05) is 11.6 Å². The zero-order valence-electron chi connectivity index (χ0n) is 14.2. The standard InChI is InChI=1S/C16H21N3O5.ClH/c1-3-24-15-9-13(19(21)22)12(8-14(15)23-2)16(20)18-10-11-4-6-17-7-5-11;/h4,8-9,17H,3,5-7,10H2,1-2H3,(H,18,20);1H. The molecule has 0 spiro atoms. The van der Waals surface area contributed by atoms with Crippen molar-refractivity contribution < 1.29 is 19.2 Å². The van der Waals surface area contributed by atoms with E-state index in [4.69, 9.17) is 9.47 Å². The minimum absolute atomic E-state index is 0. The molecular weight excluding hydrogens is 350 g/mol. The van der Waals surface area contributed by atoms with Crippen LogP contribution in [0.4, 0.5) is 5.69 Å². The fraction of sp³-hybridized carbons (Fsp3) is 0.438. The third kappa shape index (κ3) is 5.33. The van der Waals surface area contributed by atoms with Crippen LogP contribution in [0.1, 0.15) is 23.7 Å². The molecule has 1 heterocycles. The van der Waals surface area contributed by atoms with Crippen molar-refractivity contribution in [2.45, 2.75) is 13.3 Å². The van der Waals surface area contributed by atoms with Crippen LogP contribution in [0.5, 0.6) is 11.5 Å². The fourth-order valence-corrected chi connectivity index (χ4v) is 2.43. The van der Waals surface area contributed by atoms with Crippen molar-refractivity contribution in [2.24, 2.45) is 0 Å². The van der Waals surface area contributed by atoms with Gasteiger partial charge < -0.3 is 20.1 Å². The Bertz CT molecular complexity index is 663. The molecule has 0 saturated heterocycles. The molecule has 1 aromatic rings. The van der Waals surface area contributed by atoms with E-state index in [2.05, 4.69) is 10.6 Å². The number of nitro benzene ring substituents is 1. The number of nitrogens with zero attached hydrogens (tertiary/aromatic N) is 1. The zero-order valence-corrected chi connectivity index (χ0v) is 15.0. The molecule has 1 aliphatic rings. The largest absolute Gasteiger partial charge is 0.493 e. The summed E-state index contributed by atoms with van der Waals surface area (Å²) in [7, 11) is 1.42. The van der Waals surface area contributed by atoms with Gasteiger partial charge in [-0.05, 0) is 19.9 Å². The van der Waals surface area contributed by atoms with Gasteiger partial charge in [0.15, 0.2) is 11.5 Å². The van der Waals surface area contributed by atoms with E-state index in [1.807, 2.05) is 6.08 Å². The molecule has 0 atom stereocenters. The molecule has 0 aromatic heterocycles. The van der Waals surface area contributed by atoms with E-state index in [1.54, 1.807) is 6.92 Å². The average molecular weight is 372 g/mol. The molecule has 2 N–H and O–H groups in total. The SMILES string of the molecule is CCOc1cc([N+](=O)[O-])c(C(=O)NCC2=CCNCC2)cc1OC.Cl. The number of ether oxygens (including phenoxy) is 2. The third-order valence-corrected chi connectivity index (χ3v) is 3.66. The van der Waals surface area contributed by atoms with Crippen LogP contribution in [0.15, 0.2) is 23.8 Å². The number of hydrogen-bond acceptors (Lipinski definition) is 6. The highest BCUT2D eigenvalue weighted by Gasteiger charge is 2.24. The van der Waals surface area contributed by atoms with Crippen LogP contribution in [0.3, 0.4) is 0 Å². The van der Waals surface area contributed by atoms with Crippen molar-refractivity contribution >= 4 is 24.0 Å². The molecule has 9 heteroatoms. The first-order valence-electron chi connectivity index (χ1n) is 7.72. The van der Waals surface area contributed by atoms with Gasteiger partial charge in [0, 0.05) is 19.2 Å². The predicted molar refractivity (Wildman–Crippen MR) is 96.0 cm³/mol. The third-order valence-electron chi connectivity index (χ3n) is 3.66. The van der Waals surface area contributed by atoms with E-state index in [9.17, 15) is 14.9 Å². The molecule has 0 saturated carbocycles. The predicted octanol–water partition coefficient (Wildman–Crippen LogP) is 2.07. The second kappa shape index (κ2) is 9.85. The van der Waals surface area contributed by atoms with E-state index in [0.717, 1.165) is 25.1 Å². The average Bonchev–Trinajstić information content (AvgIpc) is 2.60. The highest BCUT2D eigenvalue weighted by molar-refractivity contribution is 5.99. The molecule has 8 nitrogen and oxygen atoms in total. The zero-order chi connectivity index (χ0) is 17.5. The Morgan fingerprint density at radius 2 is 2.16 bits per heavy atom. The van der Waals surface area contributed by atoms with Gasteiger partial charge in [-0.25, -0.2) is 0 Å². The molecule has 25 heavy (non-hydrogen) atoms. The first kappa shape index (κ1) is 20.7. The van der Waals surface area contributed by atoms with Crippen molar-refractivity contribution in [1.82, 2.24) is 10.6 Å². The number of nitrogens with one attached hydrogen (secondary N) is 2. The van der Waals surface area contributed by atoms with Crippen LogP contribution in [0.25, 0.3) is 0 Å². The van der Waals surface area contributed by atoms with Crippen molar-refractivity contribution in [3.05, 3.63) is 39.5 Å². The van der Waals surface area contributed by atoms with Gasteiger partial charge in [-0.3, -0.25) is 14.9 Å². The summed E-state index contributed by atoms with van der Waals surface area (Å²) in [6, 6.07) is 2.57. The molecular formula is C16H22ClN3O5. The van der Waals surface area contributed by atoms with E-state index in [1.165, 1.54) is 19.2 Å². The minimum atomic E-state index is -0.597. The van der Waals surface area contributed by atoms with Gasteiger partial charge in [0.25, 0.3) is 11.6 Å². The van der Waals surface area contributed by atoms with Crippen molar-refractivity contribution in [2.75, 3.05) is 33.4 Å². The summed E-state index contributed by atoms with van der Waals surface area (Å²) < 4.78 is 10.5. The number of benzene rings is 1. The second-order valence-corrected chi connectivity index (χ2v) is 5.21. The Morgan fingerprint density at radius 1 is 1.40 bits per heavy atom. The van der Waals surface area contributed by atoms with E-state index in [0.29, 0.717) is 13.2 Å². The maximum absolute atomic E-state index is 12.4. The molecule has 0 fully saturated rings. The molecule has 0 aliphatic carbocycles. The number of carbonyl (C=O) groups is 1. The lowest BCUT2D eigenvalue weighted by molar-refractivity contribution is -0.385. The van der Waals surface area contributed by atoms with E-state index < -0.39 is 10.8 Å². The maximum atomic E-state index is 12.4. The summed E-state index contributed by atoms with van der Waals surface area (Å²) in [5.74, 6) is 0.0143. The minimum Gasteiger partial charge on any atom is -0.493 e. The van der Waals surface area contributed by atoms with Crippen LogP contribution in [0.2, 0.25) is 0 Å². The van der Waals surface area contributed by atoms with Crippen LogP contribution in [0, 0.1) is 10.1 Å². The lowest BCUT2D eigenvalue weighted by Crippen LogP contribution is -2.30. The van der Waals surface area contributed by atoms with Crippen LogP contribution >= 0.6 is 12.4 Å². The van der Waals surface area contributed by atoms with Crippen molar-refractivity contribution in [3.8, 4) is 11.5 Å². The highest BCUT2D eigenvalue weighted by atomic mass is 35.5. The lowest BCUT2D eigenvalue weighted by atomic mass is 10.1. The van der Waals surface area contributed by atoms with Gasteiger partial charge in [0.2, 0.25) is 0 Å². The normalized spacial score (nSPS) is 13.3. The van der Waals surface area contributed by atoms with E-state index >= 15 is 0 Å². The summed E-state index contributed by atoms with van der Waals surface area (Å²) in [5.41, 5.74) is 0.744. The summed E-state index contributed by atoms with van der Waals surface area (Å²) in [6.07, 6.45) is 2.85. The first-order chi connectivity index (χ1) is 11.6. The number of methoxy groups -OCH3 is 1. The molecule has 0 unspecified atom stereocenters. The fourth-order valence-electron chi connectivity index (χ4n) is 2.43. The van der Waals surface area contributed by atoms with Gasteiger partial charge in [0.1, 0.15) is 5.56 Å². The maximum Gasteiger partial charge on any atom is 0.286 e. The molecule has 1 aliphatic heterocycles. The summed E-state index contributed by atoms with van der Waals surface area (Å²) in [6.45, 7) is 4.09. The number of nitro groups is 1. The monoisotopic (exact) mass is 371 g/mol. The van der Waals surface area contributed by atoms with Crippen molar-refractivity contribution in [3.63, 3.8) is 0 Å². The molecule has 0 radical (unpaired) electrons. The van der Waals surface area contributed by atoms with Crippen LogP contribution in [-0.4, -0.2) is 44.2 Å². The van der Waals surface area contributed by atoms with Gasteiger partial charge in [-0.15, -0.1) is 12.4 Å². The Morgan fingerprint density at radius 3 is 2.72 bits per heavy atom. The number of rotatable bonds is 7. The molecule has 1 amide bonds. The molecule has 0 bridgehead atoms. The number of hydrogen-bond donors (Lipinski definition) is 2. The smallest absolute Gasteiger partial charge is 0.286 e. The van der Waals surface area contributed by atoms with E-state index in [-0.39, 0.29) is 35.2 Å². The lowest BCUT2D eigenvalue weighted by Gasteiger charge is -2.15. The molecule has 2 rings (SSSR count). The topological polar surface area (TPSA) is 103 Å². The van der Waals surface area contributed by atoms with Gasteiger partial charge in [-0.2, -0.15) is 0 Å². The van der Waals surface area contributed by atoms with Gasteiger partial charge in [0.05, 0.1) is 24.7 Å². The summed E-state index contributed by atoms with van der Waals surface area (Å²) in [4.78, 5) is 23.1. The summed E-state index contributed by atoms with van der Waals surface area (Å²) >= 11 is 0. The quantitative estimate of drug-likeness (QED) is 0.432. The number of amides is 1. The first-order valence-corrected chi connectivity index (χ1v) is 7.72. The Kier molecular flexibility index (Phi) is 8.17. The Labute approximate surface area is 152 Å². The molecule has 138 valence electrons. The summed E-state index contributed by atoms with van der Waals surface area (Å²) in [5, 5.41) is 17.2. The number of carbonyl (C=O) groups excluding carboxylic acids is 1. The Balaban J connectivity index is 0.00000312. The second-order valence-electron chi connectivity index (χ2n) is 5.21. The van der Waals surface area contributed by atoms with Crippen molar-refractivity contribution in [1.29, 1.82) is 0 Å².